The smallest absolute Gasteiger partial charge is 0.266 e. The van der Waals surface area contributed by atoms with Crippen LogP contribution in [0, 0.1) is 0 Å². The molecule has 112 valence electrons. The number of thiophene rings is 1. The van der Waals surface area contributed by atoms with Crippen molar-refractivity contribution in [3.05, 3.63) is 50.0 Å². The molecule has 1 aliphatic carbocycles. The fraction of sp³-hybridized carbons (Fsp3) is 0.308. The van der Waals surface area contributed by atoms with Gasteiger partial charge < -0.3 is 4.98 Å². The minimum absolute atomic E-state index is 0.0224. The topological polar surface area (TPSA) is 70.2 Å². The fourth-order valence-electron chi connectivity index (χ4n) is 2.06. The van der Waals surface area contributed by atoms with E-state index in [0.717, 1.165) is 18.4 Å². The summed E-state index contributed by atoms with van der Waals surface area (Å²) in [6.07, 6.45) is 2.92. The molecule has 0 aromatic carbocycles. The Hall–Kier alpha value is -1.15. The van der Waals surface area contributed by atoms with Gasteiger partial charge >= 0.3 is 0 Å². The lowest BCUT2D eigenvalue weighted by Crippen LogP contribution is -2.33. The van der Waals surface area contributed by atoms with Gasteiger partial charge in [-0.2, -0.15) is 15.6 Å². The Labute approximate surface area is 131 Å². The number of sulfonamides is 1. The number of halogens is 1. The summed E-state index contributed by atoms with van der Waals surface area (Å²) < 4.78 is 27.0. The van der Waals surface area contributed by atoms with Crippen LogP contribution >= 0.6 is 22.9 Å². The molecule has 21 heavy (non-hydrogen) atoms. The summed E-state index contributed by atoms with van der Waals surface area (Å²) in [5, 5.41) is 3.73. The number of nitrogens with zero attached hydrogens (tertiary/aromatic N) is 1. The van der Waals surface area contributed by atoms with E-state index in [1.54, 1.807) is 0 Å². The molecule has 1 N–H and O–H groups in total. The molecule has 1 aliphatic rings. The van der Waals surface area contributed by atoms with Crippen LogP contribution in [0.25, 0.3) is 0 Å². The van der Waals surface area contributed by atoms with Gasteiger partial charge in [-0.05, 0) is 41.3 Å². The second-order valence-corrected chi connectivity index (χ2v) is 8.00. The summed E-state index contributed by atoms with van der Waals surface area (Å²) in [6, 6.07) is 3.15. The maximum atomic E-state index is 12.8. The van der Waals surface area contributed by atoms with Crippen LogP contribution in [0.1, 0.15) is 18.4 Å². The van der Waals surface area contributed by atoms with Crippen LogP contribution in [0.3, 0.4) is 0 Å². The molecule has 2 aromatic heterocycles. The van der Waals surface area contributed by atoms with Crippen molar-refractivity contribution in [2.24, 2.45) is 0 Å². The highest BCUT2D eigenvalue weighted by Gasteiger charge is 2.38. The normalized spacial score (nSPS) is 15.5. The van der Waals surface area contributed by atoms with E-state index in [9.17, 15) is 13.2 Å². The van der Waals surface area contributed by atoms with Gasteiger partial charge in [0.05, 0.1) is 4.90 Å². The molecule has 0 amide bonds. The number of aromatic nitrogens is 1. The maximum absolute atomic E-state index is 12.8. The first-order valence-corrected chi connectivity index (χ1v) is 9.16. The number of pyridine rings is 1. The number of rotatable bonds is 5. The van der Waals surface area contributed by atoms with Gasteiger partial charge in [0.15, 0.2) is 0 Å². The zero-order valence-corrected chi connectivity index (χ0v) is 13.3. The highest BCUT2D eigenvalue weighted by atomic mass is 35.5. The molecule has 2 aromatic rings. The van der Waals surface area contributed by atoms with Gasteiger partial charge in [-0.1, -0.05) is 11.6 Å². The SMILES string of the molecule is O=c1[nH]cc(S(=O)(=O)N(Cc2ccsc2)C2CC2)cc1Cl. The second kappa shape index (κ2) is 5.57. The minimum atomic E-state index is -3.67. The number of hydrogen-bond donors (Lipinski definition) is 1. The van der Waals surface area contributed by atoms with Crippen molar-refractivity contribution in [1.82, 2.24) is 9.29 Å². The van der Waals surface area contributed by atoms with Crippen molar-refractivity contribution in [2.45, 2.75) is 30.3 Å². The van der Waals surface area contributed by atoms with E-state index >= 15 is 0 Å². The van der Waals surface area contributed by atoms with Crippen molar-refractivity contribution in [1.29, 1.82) is 0 Å². The lowest BCUT2D eigenvalue weighted by atomic mass is 10.3. The van der Waals surface area contributed by atoms with Gasteiger partial charge in [0.1, 0.15) is 5.02 Å². The van der Waals surface area contributed by atoms with E-state index in [1.807, 2.05) is 16.8 Å². The predicted molar refractivity (Wildman–Crippen MR) is 82.1 cm³/mol. The Morgan fingerprint density at radius 1 is 1.43 bits per heavy atom. The summed E-state index contributed by atoms with van der Waals surface area (Å²) in [5.74, 6) is 0. The molecule has 3 rings (SSSR count). The average molecular weight is 345 g/mol. The zero-order chi connectivity index (χ0) is 15.0. The Morgan fingerprint density at radius 2 is 2.19 bits per heavy atom. The summed E-state index contributed by atoms with van der Waals surface area (Å²) in [4.78, 5) is 13.7. The molecule has 0 atom stereocenters. The molecule has 0 aliphatic heterocycles. The van der Waals surface area contributed by atoms with Crippen molar-refractivity contribution >= 4 is 33.0 Å². The fourth-order valence-corrected chi connectivity index (χ4v) is 4.62. The van der Waals surface area contributed by atoms with Gasteiger partial charge in [0.25, 0.3) is 5.56 Å². The van der Waals surface area contributed by atoms with E-state index < -0.39 is 15.6 Å². The van der Waals surface area contributed by atoms with Crippen LogP contribution in [0.4, 0.5) is 0 Å². The third-order valence-corrected chi connectivity index (χ3v) is 6.20. The van der Waals surface area contributed by atoms with Crippen LogP contribution in [0.15, 0.2) is 38.8 Å². The summed E-state index contributed by atoms with van der Waals surface area (Å²) >= 11 is 7.27. The van der Waals surface area contributed by atoms with E-state index in [-0.39, 0.29) is 16.0 Å². The summed E-state index contributed by atoms with van der Waals surface area (Å²) in [6.45, 7) is 0.341. The average Bonchev–Trinajstić information content (AvgIpc) is 3.15. The molecule has 2 heterocycles. The lowest BCUT2D eigenvalue weighted by Gasteiger charge is -2.21. The molecule has 1 saturated carbocycles. The van der Waals surface area contributed by atoms with Gasteiger partial charge in [0, 0.05) is 18.8 Å². The van der Waals surface area contributed by atoms with Crippen LogP contribution in [-0.2, 0) is 16.6 Å². The van der Waals surface area contributed by atoms with E-state index in [4.69, 9.17) is 11.6 Å². The van der Waals surface area contributed by atoms with Crippen LogP contribution in [-0.4, -0.2) is 23.7 Å². The molecular weight excluding hydrogens is 332 g/mol. The second-order valence-electron chi connectivity index (χ2n) is 4.93. The number of H-pyrrole nitrogens is 1. The highest BCUT2D eigenvalue weighted by Crippen LogP contribution is 2.33. The lowest BCUT2D eigenvalue weighted by molar-refractivity contribution is 0.399. The predicted octanol–water partition coefficient (Wildman–Crippen LogP) is 2.44. The van der Waals surface area contributed by atoms with E-state index in [0.29, 0.717) is 6.54 Å². The quantitative estimate of drug-likeness (QED) is 0.905. The molecule has 8 heteroatoms. The molecule has 0 unspecified atom stereocenters. The third-order valence-electron chi connectivity index (χ3n) is 3.31. The molecular formula is C13H13ClN2O3S2. The Kier molecular flexibility index (Phi) is 3.92. The maximum Gasteiger partial charge on any atom is 0.266 e. The first kappa shape index (κ1) is 14.8. The standard InChI is InChI=1S/C13H13ClN2O3S2/c14-12-5-11(6-15-13(12)17)21(18,19)16(10-1-2-10)7-9-3-4-20-8-9/h3-6,8,10H,1-2,7H2,(H,15,17). The Morgan fingerprint density at radius 3 is 2.76 bits per heavy atom. The van der Waals surface area contributed by atoms with Crippen LogP contribution in [0.5, 0.6) is 0 Å². The van der Waals surface area contributed by atoms with Crippen LogP contribution in [0.2, 0.25) is 5.02 Å². The van der Waals surface area contributed by atoms with E-state index in [2.05, 4.69) is 4.98 Å². The molecule has 0 saturated heterocycles. The van der Waals surface area contributed by atoms with Gasteiger partial charge in [-0.3, -0.25) is 4.79 Å². The van der Waals surface area contributed by atoms with Crippen LogP contribution < -0.4 is 5.56 Å². The Balaban J connectivity index is 1.96. The molecule has 0 radical (unpaired) electrons. The largest absolute Gasteiger partial charge is 0.326 e. The van der Waals surface area contributed by atoms with Crippen molar-refractivity contribution in [3.63, 3.8) is 0 Å². The van der Waals surface area contributed by atoms with Gasteiger partial charge in [-0.25, -0.2) is 8.42 Å². The molecule has 5 nitrogen and oxygen atoms in total. The van der Waals surface area contributed by atoms with Crippen molar-refractivity contribution in [3.8, 4) is 0 Å². The van der Waals surface area contributed by atoms with Crippen molar-refractivity contribution < 1.29 is 8.42 Å². The summed E-state index contributed by atoms with van der Waals surface area (Å²) in [7, 11) is -3.67. The third kappa shape index (κ3) is 3.06. The van der Waals surface area contributed by atoms with Gasteiger partial charge in [-0.15, -0.1) is 0 Å². The Bertz CT molecular complexity index is 795. The number of aromatic amines is 1. The minimum Gasteiger partial charge on any atom is -0.326 e. The van der Waals surface area contributed by atoms with Crippen molar-refractivity contribution in [2.75, 3.05) is 0 Å². The zero-order valence-electron chi connectivity index (χ0n) is 11.0. The number of hydrogen-bond acceptors (Lipinski definition) is 4. The number of nitrogens with one attached hydrogen (secondary N) is 1. The first-order valence-electron chi connectivity index (χ1n) is 6.39. The first-order chi connectivity index (χ1) is 9.98. The molecule has 1 fully saturated rings. The van der Waals surface area contributed by atoms with Gasteiger partial charge in [0.2, 0.25) is 10.0 Å². The summed E-state index contributed by atoms with van der Waals surface area (Å²) in [5.41, 5.74) is 0.470. The molecule has 0 spiro atoms. The monoisotopic (exact) mass is 344 g/mol. The highest BCUT2D eigenvalue weighted by molar-refractivity contribution is 7.89. The van der Waals surface area contributed by atoms with E-state index in [1.165, 1.54) is 27.9 Å². The molecule has 0 bridgehead atoms.